The number of urea groups is 1. The van der Waals surface area contributed by atoms with E-state index in [1.165, 1.54) is 11.1 Å². The van der Waals surface area contributed by atoms with Crippen molar-refractivity contribution < 1.29 is 4.79 Å². The van der Waals surface area contributed by atoms with Gasteiger partial charge in [0, 0.05) is 20.1 Å². The number of nitrogens with one attached hydrogen (secondary N) is 1. The molecule has 3 heteroatoms. The van der Waals surface area contributed by atoms with Gasteiger partial charge < -0.3 is 10.2 Å². The van der Waals surface area contributed by atoms with Crippen molar-refractivity contribution in [1.29, 1.82) is 0 Å². The Bertz CT molecular complexity index is 379. The molecule has 1 atom stereocenters. The maximum Gasteiger partial charge on any atom is 0.317 e. The van der Waals surface area contributed by atoms with Gasteiger partial charge in [-0.25, -0.2) is 4.79 Å². The van der Waals surface area contributed by atoms with Crippen molar-refractivity contribution in [3.05, 3.63) is 35.5 Å². The van der Waals surface area contributed by atoms with E-state index in [2.05, 4.69) is 36.5 Å². The summed E-state index contributed by atoms with van der Waals surface area (Å²) in [5, 5.41) is 2.68. The maximum atomic E-state index is 11.5. The van der Waals surface area contributed by atoms with E-state index in [0.29, 0.717) is 5.92 Å². The molecule has 1 N–H and O–H groups in total. The number of allylic oxidation sites excluding steroid dienone is 3. The minimum Gasteiger partial charge on any atom is -0.341 e. The van der Waals surface area contributed by atoms with Crippen LogP contribution in [0.1, 0.15) is 13.3 Å². The SMILES string of the molecule is CNC(=O)N1CCC2=C(C=CC(C)C=C2)C1. The third-order valence-electron chi connectivity index (χ3n) is 3.13. The summed E-state index contributed by atoms with van der Waals surface area (Å²) in [6.45, 7) is 3.70. The molecule has 1 aliphatic carbocycles. The van der Waals surface area contributed by atoms with Crippen LogP contribution in [0.25, 0.3) is 0 Å². The molecule has 2 aliphatic rings. The molecular weight excluding hydrogens is 200 g/mol. The van der Waals surface area contributed by atoms with Crippen molar-refractivity contribution in [3.63, 3.8) is 0 Å². The summed E-state index contributed by atoms with van der Waals surface area (Å²) in [6, 6.07) is 0.0150. The number of carbonyl (C=O) groups excluding carboxylic acids is 1. The first-order valence-electron chi connectivity index (χ1n) is 5.76. The van der Waals surface area contributed by atoms with E-state index in [1.807, 2.05) is 4.90 Å². The van der Waals surface area contributed by atoms with E-state index in [1.54, 1.807) is 7.05 Å². The van der Waals surface area contributed by atoms with Crippen molar-refractivity contribution in [2.24, 2.45) is 5.92 Å². The first-order valence-corrected chi connectivity index (χ1v) is 5.76. The predicted octanol–water partition coefficient (Wildman–Crippen LogP) is 2.09. The highest BCUT2D eigenvalue weighted by atomic mass is 16.2. The summed E-state index contributed by atoms with van der Waals surface area (Å²) in [7, 11) is 1.68. The second-order valence-corrected chi connectivity index (χ2v) is 4.35. The molecule has 0 fully saturated rings. The van der Waals surface area contributed by atoms with Gasteiger partial charge in [-0.3, -0.25) is 0 Å². The van der Waals surface area contributed by atoms with Gasteiger partial charge in [-0.05, 0) is 23.5 Å². The highest BCUT2D eigenvalue weighted by Gasteiger charge is 2.20. The lowest BCUT2D eigenvalue weighted by Gasteiger charge is -2.28. The van der Waals surface area contributed by atoms with Crippen LogP contribution in [-0.4, -0.2) is 31.1 Å². The second kappa shape index (κ2) is 4.56. The van der Waals surface area contributed by atoms with Gasteiger partial charge in [0.05, 0.1) is 0 Å². The van der Waals surface area contributed by atoms with Gasteiger partial charge in [-0.15, -0.1) is 0 Å². The summed E-state index contributed by atoms with van der Waals surface area (Å²) < 4.78 is 0. The molecule has 0 radical (unpaired) electrons. The number of hydrogen-bond acceptors (Lipinski definition) is 1. The minimum absolute atomic E-state index is 0.0150. The van der Waals surface area contributed by atoms with E-state index >= 15 is 0 Å². The van der Waals surface area contributed by atoms with E-state index in [4.69, 9.17) is 0 Å². The molecule has 0 saturated heterocycles. The van der Waals surface area contributed by atoms with Crippen LogP contribution in [0, 0.1) is 5.92 Å². The molecule has 0 bridgehead atoms. The molecule has 1 heterocycles. The monoisotopic (exact) mass is 218 g/mol. The molecule has 2 rings (SSSR count). The van der Waals surface area contributed by atoms with Gasteiger partial charge in [0.1, 0.15) is 0 Å². The molecule has 0 aromatic carbocycles. The standard InChI is InChI=1S/C13H18N2O/c1-10-3-5-11-7-8-15(13(16)14-2)9-12(11)6-4-10/h3-6,10H,7-9H2,1-2H3,(H,14,16). The zero-order chi connectivity index (χ0) is 11.5. The molecule has 0 spiro atoms. The Morgan fingerprint density at radius 1 is 1.38 bits per heavy atom. The smallest absolute Gasteiger partial charge is 0.317 e. The summed E-state index contributed by atoms with van der Waals surface area (Å²) >= 11 is 0. The third kappa shape index (κ3) is 2.18. The number of hydrogen-bond donors (Lipinski definition) is 1. The molecule has 1 unspecified atom stereocenters. The fourth-order valence-electron chi connectivity index (χ4n) is 2.08. The van der Waals surface area contributed by atoms with Crippen LogP contribution in [0.15, 0.2) is 35.5 Å². The predicted molar refractivity (Wildman–Crippen MR) is 65.1 cm³/mol. The molecule has 0 aromatic heterocycles. The summed E-state index contributed by atoms with van der Waals surface area (Å²) in [5.41, 5.74) is 2.65. The van der Waals surface area contributed by atoms with Crippen LogP contribution in [0.3, 0.4) is 0 Å². The lowest BCUT2D eigenvalue weighted by atomic mass is 10.0. The summed E-state index contributed by atoms with van der Waals surface area (Å²) in [4.78, 5) is 13.4. The summed E-state index contributed by atoms with van der Waals surface area (Å²) in [5.74, 6) is 0.485. The van der Waals surface area contributed by atoms with Crippen LogP contribution < -0.4 is 5.32 Å². The number of rotatable bonds is 0. The van der Waals surface area contributed by atoms with Crippen molar-refractivity contribution in [1.82, 2.24) is 10.2 Å². The number of carbonyl (C=O) groups is 1. The summed E-state index contributed by atoms with van der Waals surface area (Å²) in [6.07, 6.45) is 9.73. The second-order valence-electron chi connectivity index (χ2n) is 4.35. The van der Waals surface area contributed by atoms with E-state index in [0.717, 1.165) is 19.5 Å². The lowest BCUT2D eigenvalue weighted by Crippen LogP contribution is -2.41. The fraction of sp³-hybridized carbons (Fsp3) is 0.462. The molecule has 16 heavy (non-hydrogen) atoms. The Balaban J connectivity index is 2.16. The van der Waals surface area contributed by atoms with Crippen molar-refractivity contribution >= 4 is 6.03 Å². The number of amides is 2. The molecule has 0 aromatic rings. The van der Waals surface area contributed by atoms with Crippen molar-refractivity contribution in [3.8, 4) is 0 Å². The molecule has 1 aliphatic heterocycles. The quantitative estimate of drug-likeness (QED) is 0.663. The molecule has 3 nitrogen and oxygen atoms in total. The Labute approximate surface area is 96.5 Å². The average Bonchev–Trinajstić information content (AvgIpc) is 2.50. The van der Waals surface area contributed by atoms with Gasteiger partial charge in [0.25, 0.3) is 0 Å². The van der Waals surface area contributed by atoms with Gasteiger partial charge in [0.15, 0.2) is 0 Å². The van der Waals surface area contributed by atoms with E-state index < -0.39 is 0 Å². The van der Waals surface area contributed by atoms with Gasteiger partial charge in [-0.1, -0.05) is 31.2 Å². The van der Waals surface area contributed by atoms with Crippen LogP contribution in [-0.2, 0) is 0 Å². The first kappa shape index (κ1) is 11.0. The highest BCUT2D eigenvalue weighted by Crippen LogP contribution is 2.23. The zero-order valence-electron chi connectivity index (χ0n) is 9.86. The first-order chi connectivity index (χ1) is 7.70. The topological polar surface area (TPSA) is 32.3 Å². The van der Waals surface area contributed by atoms with Crippen molar-refractivity contribution in [2.45, 2.75) is 13.3 Å². The van der Waals surface area contributed by atoms with Gasteiger partial charge in [0.2, 0.25) is 0 Å². The van der Waals surface area contributed by atoms with E-state index in [-0.39, 0.29) is 6.03 Å². The highest BCUT2D eigenvalue weighted by molar-refractivity contribution is 5.74. The largest absolute Gasteiger partial charge is 0.341 e. The van der Waals surface area contributed by atoms with Crippen LogP contribution >= 0.6 is 0 Å². The lowest BCUT2D eigenvalue weighted by molar-refractivity contribution is 0.203. The zero-order valence-corrected chi connectivity index (χ0v) is 9.86. The number of nitrogens with zero attached hydrogens (tertiary/aromatic N) is 1. The Morgan fingerprint density at radius 2 is 2.06 bits per heavy atom. The van der Waals surface area contributed by atoms with Crippen molar-refractivity contribution in [2.75, 3.05) is 20.1 Å². The van der Waals surface area contributed by atoms with Crippen LogP contribution in [0.4, 0.5) is 4.79 Å². The molecule has 86 valence electrons. The average molecular weight is 218 g/mol. The maximum absolute atomic E-state index is 11.5. The molecule has 0 saturated carbocycles. The van der Waals surface area contributed by atoms with Gasteiger partial charge in [-0.2, -0.15) is 0 Å². The van der Waals surface area contributed by atoms with Gasteiger partial charge >= 0.3 is 6.03 Å². The third-order valence-corrected chi connectivity index (χ3v) is 3.13. The van der Waals surface area contributed by atoms with E-state index in [9.17, 15) is 4.79 Å². The molecular formula is C13H18N2O. The Kier molecular flexibility index (Phi) is 3.13. The van der Waals surface area contributed by atoms with Crippen LogP contribution in [0.5, 0.6) is 0 Å². The van der Waals surface area contributed by atoms with Crippen LogP contribution in [0.2, 0.25) is 0 Å². The minimum atomic E-state index is 0.0150. The normalized spacial score (nSPS) is 24.1. The Morgan fingerprint density at radius 3 is 2.75 bits per heavy atom. The Hall–Kier alpha value is -1.51. The fourth-order valence-corrected chi connectivity index (χ4v) is 2.08. The molecule has 2 amide bonds.